The first-order valence-electron chi connectivity index (χ1n) is 7.09. The molecular weight excluding hydrogens is 308 g/mol. The SMILES string of the molecule is CC(C)(C)C(=O)C(O)[C@H]1O[C@@H](n2ccc(=O)[nH]c2=O)[C@@H](O)[C@@H]1O. The predicted octanol–water partition coefficient (Wildman–Crippen LogP) is -1.87. The molecule has 1 aliphatic heterocycles. The van der Waals surface area contributed by atoms with Crippen molar-refractivity contribution in [3.8, 4) is 0 Å². The molecule has 5 atom stereocenters. The van der Waals surface area contributed by atoms with Crippen molar-refractivity contribution in [2.75, 3.05) is 0 Å². The van der Waals surface area contributed by atoms with E-state index in [4.69, 9.17) is 4.74 Å². The number of carbonyl (C=O) groups is 1. The Morgan fingerprint density at radius 2 is 1.91 bits per heavy atom. The van der Waals surface area contributed by atoms with E-state index >= 15 is 0 Å². The van der Waals surface area contributed by atoms with Gasteiger partial charge in [0.1, 0.15) is 24.4 Å². The average molecular weight is 328 g/mol. The highest BCUT2D eigenvalue weighted by Gasteiger charge is 2.50. The third-order valence-corrected chi connectivity index (χ3v) is 3.72. The van der Waals surface area contributed by atoms with Crippen LogP contribution in [0.25, 0.3) is 0 Å². The van der Waals surface area contributed by atoms with E-state index in [1.165, 1.54) is 0 Å². The number of hydrogen-bond donors (Lipinski definition) is 4. The Morgan fingerprint density at radius 1 is 1.30 bits per heavy atom. The van der Waals surface area contributed by atoms with Gasteiger partial charge in [-0.3, -0.25) is 19.1 Å². The zero-order valence-corrected chi connectivity index (χ0v) is 13.0. The fourth-order valence-corrected chi connectivity index (χ4v) is 2.40. The molecule has 1 aromatic heterocycles. The Kier molecular flexibility index (Phi) is 4.58. The van der Waals surface area contributed by atoms with Gasteiger partial charge in [-0.15, -0.1) is 0 Å². The van der Waals surface area contributed by atoms with Crippen molar-refractivity contribution in [2.24, 2.45) is 5.41 Å². The zero-order valence-electron chi connectivity index (χ0n) is 13.0. The molecule has 9 nitrogen and oxygen atoms in total. The Hall–Kier alpha value is -1.81. The quantitative estimate of drug-likeness (QED) is 0.509. The number of ether oxygens (including phenoxy) is 1. The summed E-state index contributed by atoms with van der Waals surface area (Å²) in [6, 6.07) is 1.05. The maximum absolute atomic E-state index is 12.1. The summed E-state index contributed by atoms with van der Waals surface area (Å²) in [5.41, 5.74) is -2.34. The smallest absolute Gasteiger partial charge is 0.330 e. The first kappa shape index (κ1) is 17.5. The second-order valence-electron chi connectivity index (χ2n) is 6.55. The Morgan fingerprint density at radius 3 is 2.43 bits per heavy atom. The van der Waals surface area contributed by atoms with Gasteiger partial charge in [0.05, 0.1) is 0 Å². The monoisotopic (exact) mass is 328 g/mol. The molecule has 9 heteroatoms. The van der Waals surface area contributed by atoms with E-state index in [0.717, 1.165) is 16.8 Å². The number of rotatable bonds is 3. The van der Waals surface area contributed by atoms with Crippen molar-refractivity contribution in [1.29, 1.82) is 0 Å². The molecule has 0 aliphatic carbocycles. The van der Waals surface area contributed by atoms with Gasteiger partial charge in [-0.05, 0) is 0 Å². The molecule has 1 fully saturated rings. The highest BCUT2D eigenvalue weighted by Crippen LogP contribution is 2.32. The fourth-order valence-electron chi connectivity index (χ4n) is 2.40. The molecule has 0 bridgehead atoms. The van der Waals surface area contributed by atoms with Gasteiger partial charge >= 0.3 is 5.69 Å². The van der Waals surface area contributed by atoms with Gasteiger partial charge in [-0.25, -0.2) is 4.79 Å². The highest BCUT2D eigenvalue weighted by atomic mass is 16.6. The fraction of sp³-hybridized carbons (Fsp3) is 0.643. The molecule has 128 valence electrons. The molecule has 2 rings (SSSR count). The third-order valence-electron chi connectivity index (χ3n) is 3.72. The number of Topliss-reactive ketones (excluding diaryl/α,β-unsaturated/α-hetero) is 1. The van der Waals surface area contributed by atoms with Crippen LogP contribution in [0.3, 0.4) is 0 Å². The number of H-pyrrole nitrogens is 1. The molecule has 0 amide bonds. The summed E-state index contributed by atoms with van der Waals surface area (Å²) >= 11 is 0. The van der Waals surface area contributed by atoms with Crippen LogP contribution in [0, 0.1) is 5.41 Å². The third kappa shape index (κ3) is 3.27. The maximum atomic E-state index is 12.1. The van der Waals surface area contributed by atoms with Crippen LogP contribution in [0.4, 0.5) is 0 Å². The Balaban J connectivity index is 2.30. The van der Waals surface area contributed by atoms with Crippen LogP contribution in [-0.2, 0) is 9.53 Å². The molecule has 23 heavy (non-hydrogen) atoms. The standard InChI is InChI=1S/C14H20N2O7/c1-14(2,3)11(21)9(20)10-7(18)8(19)12(23-10)16-5-4-6(17)15-13(16)22/h4-5,7-10,12,18-20H,1-3H3,(H,15,17,22)/t7-,8-,9?,10-,12+/m0/s1. The van der Waals surface area contributed by atoms with Gasteiger partial charge in [-0.1, -0.05) is 20.8 Å². The molecule has 2 heterocycles. The number of aliphatic hydroxyl groups is 3. The number of nitrogens with zero attached hydrogens (tertiary/aromatic N) is 1. The largest absolute Gasteiger partial charge is 0.387 e. The minimum absolute atomic E-state index is 0.566. The summed E-state index contributed by atoms with van der Waals surface area (Å²) in [6.45, 7) is 4.79. The van der Waals surface area contributed by atoms with Crippen LogP contribution in [0.15, 0.2) is 21.9 Å². The maximum Gasteiger partial charge on any atom is 0.330 e. The predicted molar refractivity (Wildman–Crippen MR) is 77.7 cm³/mol. The van der Waals surface area contributed by atoms with E-state index in [-0.39, 0.29) is 0 Å². The lowest BCUT2D eigenvalue weighted by Gasteiger charge is -2.26. The minimum atomic E-state index is -1.66. The van der Waals surface area contributed by atoms with Crippen LogP contribution < -0.4 is 11.2 Å². The number of nitrogens with one attached hydrogen (secondary N) is 1. The number of aromatic nitrogens is 2. The van der Waals surface area contributed by atoms with E-state index in [9.17, 15) is 29.7 Å². The number of aliphatic hydroxyl groups excluding tert-OH is 3. The number of aromatic amines is 1. The molecule has 0 spiro atoms. The van der Waals surface area contributed by atoms with Gasteiger partial charge in [0, 0.05) is 17.7 Å². The normalized spacial score (nSPS) is 29.5. The van der Waals surface area contributed by atoms with Crippen molar-refractivity contribution in [2.45, 2.75) is 51.4 Å². The van der Waals surface area contributed by atoms with Crippen LogP contribution in [0.2, 0.25) is 0 Å². The molecule has 1 saturated heterocycles. The lowest BCUT2D eigenvalue weighted by molar-refractivity contribution is -0.149. The summed E-state index contributed by atoms with van der Waals surface area (Å²) in [7, 11) is 0. The summed E-state index contributed by atoms with van der Waals surface area (Å²) in [4.78, 5) is 36.9. The van der Waals surface area contributed by atoms with Gasteiger partial charge in [0.25, 0.3) is 5.56 Å². The van der Waals surface area contributed by atoms with E-state index in [1.807, 2.05) is 4.98 Å². The summed E-state index contributed by atoms with van der Waals surface area (Å²) in [5, 5.41) is 30.2. The first-order chi connectivity index (χ1) is 10.5. The van der Waals surface area contributed by atoms with Gasteiger partial charge in [0.15, 0.2) is 12.0 Å². The van der Waals surface area contributed by atoms with E-state index in [0.29, 0.717) is 0 Å². The first-order valence-corrected chi connectivity index (χ1v) is 7.09. The van der Waals surface area contributed by atoms with Crippen LogP contribution in [0.1, 0.15) is 27.0 Å². The van der Waals surface area contributed by atoms with Crippen LogP contribution in [-0.4, -0.2) is 55.1 Å². The van der Waals surface area contributed by atoms with E-state index in [1.54, 1.807) is 20.8 Å². The molecule has 0 aromatic carbocycles. The van der Waals surface area contributed by atoms with Crippen molar-refractivity contribution in [3.05, 3.63) is 33.1 Å². The molecule has 1 unspecified atom stereocenters. The van der Waals surface area contributed by atoms with Gasteiger partial charge in [0.2, 0.25) is 0 Å². The molecular formula is C14H20N2O7. The Labute approximate surface area is 131 Å². The molecule has 0 saturated carbocycles. The van der Waals surface area contributed by atoms with Crippen molar-refractivity contribution in [1.82, 2.24) is 9.55 Å². The van der Waals surface area contributed by atoms with Crippen molar-refractivity contribution < 1.29 is 24.9 Å². The molecule has 1 aliphatic rings. The van der Waals surface area contributed by atoms with Gasteiger partial charge < -0.3 is 20.1 Å². The second-order valence-corrected chi connectivity index (χ2v) is 6.55. The van der Waals surface area contributed by atoms with E-state index < -0.39 is 53.1 Å². The van der Waals surface area contributed by atoms with Crippen LogP contribution in [0.5, 0.6) is 0 Å². The zero-order chi connectivity index (χ0) is 17.5. The number of hydrogen-bond acceptors (Lipinski definition) is 7. The minimum Gasteiger partial charge on any atom is -0.387 e. The Bertz CT molecular complexity index is 702. The molecule has 1 aromatic rings. The number of carbonyl (C=O) groups excluding carboxylic acids is 1. The number of ketones is 1. The molecule has 0 radical (unpaired) electrons. The van der Waals surface area contributed by atoms with Crippen molar-refractivity contribution in [3.63, 3.8) is 0 Å². The summed E-state index contributed by atoms with van der Waals surface area (Å²) in [6.07, 6.45) is -6.40. The van der Waals surface area contributed by atoms with Crippen molar-refractivity contribution >= 4 is 5.78 Å². The lowest BCUT2D eigenvalue weighted by Crippen LogP contribution is -2.46. The van der Waals surface area contributed by atoms with Crippen LogP contribution >= 0.6 is 0 Å². The average Bonchev–Trinajstić information content (AvgIpc) is 2.73. The topological polar surface area (TPSA) is 142 Å². The lowest BCUT2D eigenvalue weighted by atomic mass is 9.85. The summed E-state index contributed by atoms with van der Waals surface area (Å²) < 4.78 is 6.22. The van der Waals surface area contributed by atoms with E-state index in [2.05, 4.69) is 0 Å². The second kappa shape index (κ2) is 6.00. The highest BCUT2D eigenvalue weighted by molar-refractivity contribution is 5.88. The summed E-state index contributed by atoms with van der Waals surface area (Å²) in [5.74, 6) is -0.566. The van der Waals surface area contributed by atoms with Gasteiger partial charge in [-0.2, -0.15) is 0 Å². The molecule has 4 N–H and O–H groups in total.